The molecule has 166 valence electrons. The molecule has 0 radical (unpaired) electrons. The van der Waals surface area contributed by atoms with E-state index in [0.717, 1.165) is 27.7 Å². The number of carboxylic acid groups (broad SMARTS) is 3. The van der Waals surface area contributed by atoms with Crippen LogP contribution in [0.2, 0.25) is 0 Å². The van der Waals surface area contributed by atoms with Gasteiger partial charge in [-0.25, -0.2) is 0 Å². The fraction of sp³-hybridized carbons (Fsp3) is 0.714. The van der Waals surface area contributed by atoms with Crippen molar-refractivity contribution in [3.63, 3.8) is 0 Å². The summed E-state index contributed by atoms with van der Waals surface area (Å²) >= 11 is 0. The summed E-state index contributed by atoms with van der Waals surface area (Å²) in [7, 11) is 0. The summed E-state index contributed by atoms with van der Waals surface area (Å²) in [5.74, 6) is -5.98. The van der Waals surface area contributed by atoms with Crippen molar-refractivity contribution in [1.29, 1.82) is 0 Å². The Morgan fingerprint density at radius 3 is 1.43 bits per heavy atom. The van der Waals surface area contributed by atoms with Crippen LogP contribution >= 0.6 is 0 Å². The highest BCUT2D eigenvalue weighted by atomic mass is 16.8. The number of ether oxygens (including phenoxy) is 1. The van der Waals surface area contributed by atoms with Crippen molar-refractivity contribution in [3.8, 4) is 0 Å². The molecule has 0 bridgehead atoms. The highest BCUT2D eigenvalue weighted by molar-refractivity contribution is 5.73. The molecule has 14 heteroatoms. The molecule has 0 spiro atoms. The summed E-state index contributed by atoms with van der Waals surface area (Å²) in [5.41, 5.74) is 0. The number of carbonyl (C=O) groups is 4. The minimum atomic E-state index is -2.85. The molecule has 14 nitrogen and oxygen atoms in total. The molecule has 0 unspecified atom stereocenters. The minimum Gasteiger partial charge on any atom is -0.481 e. The molecule has 9 N–H and O–H groups in total. The van der Waals surface area contributed by atoms with Crippen LogP contribution in [-0.4, -0.2) is 102 Å². The number of carbonyl (C=O) groups excluding carboxylic acids is 1. The Kier molecular flexibility index (Phi) is 15.9. The first-order chi connectivity index (χ1) is 12.5. The zero-order valence-electron chi connectivity index (χ0n) is 15.6. The average molecular weight is 417 g/mol. The van der Waals surface area contributed by atoms with Crippen LogP contribution in [0.1, 0.15) is 27.7 Å². The maximum atomic E-state index is 10.8. The number of aliphatic carboxylic acids is 3. The van der Waals surface area contributed by atoms with Crippen molar-refractivity contribution in [2.45, 2.75) is 58.0 Å². The molecule has 0 aliphatic carbocycles. The van der Waals surface area contributed by atoms with Gasteiger partial charge < -0.3 is 50.9 Å². The van der Waals surface area contributed by atoms with E-state index in [0.29, 0.717) is 0 Å². The topological polar surface area (TPSA) is 251 Å². The monoisotopic (exact) mass is 417 g/mol. The van der Waals surface area contributed by atoms with E-state index in [1.807, 2.05) is 5.32 Å². The van der Waals surface area contributed by atoms with Gasteiger partial charge in [-0.15, -0.1) is 0 Å². The maximum Gasteiger partial charge on any atom is 0.302 e. The maximum absolute atomic E-state index is 10.8. The lowest BCUT2D eigenvalue weighted by molar-refractivity contribution is -0.410. The molecule has 0 saturated carbocycles. The quantitative estimate of drug-likeness (QED) is 0.198. The van der Waals surface area contributed by atoms with Crippen molar-refractivity contribution < 1.29 is 64.8 Å². The van der Waals surface area contributed by atoms with Crippen LogP contribution in [0.25, 0.3) is 0 Å². The predicted octanol–water partition coefficient (Wildman–Crippen LogP) is -3.48. The molecule has 1 rings (SSSR count). The Labute approximate surface area is 159 Å². The van der Waals surface area contributed by atoms with Gasteiger partial charge in [0.2, 0.25) is 5.91 Å². The number of nitrogens with one attached hydrogen (secondary N) is 1. The van der Waals surface area contributed by atoms with Gasteiger partial charge in [0.1, 0.15) is 24.4 Å². The molecule has 4 atom stereocenters. The van der Waals surface area contributed by atoms with Gasteiger partial charge in [-0.05, 0) is 0 Å². The van der Waals surface area contributed by atoms with E-state index < -0.39 is 60.7 Å². The van der Waals surface area contributed by atoms with Gasteiger partial charge in [-0.1, -0.05) is 0 Å². The first-order valence-electron chi connectivity index (χ1n) is 7.44. The van der Waals surface area contributed by atoms with Gasteiger partial charge in [-0.3, -0.25) is 19.2 Å². The van der Waals surface area contributed by atoms with Crippen molar-refractivity contribution in [1.82, 2.24) is 5.32 Å². The molecule has 1 fully saturated rings. The largest absolute Gasteiger partial charge is 0.481 e. The second-order valence-corrected chi connectivity index (χ2v) is 5.21. The zero-order valence-corrected chi connectivity index (χ0v) is 15.6. The standard InChI is InChI=1S/C8H15NO7.3C2H4O2/c1-3(11)9-7-6(13)5(12)4(2-10)16-8(7,14)15;3*1-2(3)4/h4-7,10,12-15H,2H2,1H3,(H,9,11);3*1H3,(H,3,4)/t4-,5-,6+,7-;;;/m1.../s1. The molecule has 0 aromatic carbocycles. The van der Waals surface area contributed by atoms with Crippen molar-refractivity contribution >= 4 is 23.8 Å². The number of aliphatic hydroxyl groups excluding tert-OH is 3. The minimum absolute atomic E-state index is 0.630. The highest BCUT2D eigenvalue weighted by Gasteiger charge is 2.53. The molecule has 1 saturated heterocycles. The lowest BCUT2D eigenvalue weighted by Crippen LogP contribution is -2.70. The van der Waals surface area contributed by atoms with Gasteiger partial charge in [0.15, 0.2) is 0 Å². The predicted molar refractivity (Wildman–Crippen MR) is 88.7 cm³/mol. The van der Waals surface area contributed by atoms with E-state index in [4.69, 9.17) is 34.8 Å². The van der Waals surface area contributed by atoms with E-state index in [1.165, 1.54) is 0 Å². The van der Waals surface area contributed by atoms with Crippen LogP contribution in [0.15, 0.2) is 0 Å². The van der Waals surface area contributed by atoms with Crippen molar-refractivity contribution in [3.05, 3.63) is 0 Å². The van der Waals surface area contributed by atoms with E-state index in [2.05, 4.69) is 4.74 Å². The first kappa shape index (κ1) is 30.4. The van der Waals surface area contributed by atoms with Gasteiger partial charge in [0.25, 0.3) is 17.9 Å². The molecular formula is C14H27NO13. The molecule has 1 amide bonds. The van der Waals surface area contributed by atoms with E-state index >= 15 is 0 Å². The third kappa shape index (κ3) is 17.1. The summed E-state index contributed by atoms with van der Waals surface area (Å²) in [4.78, 5) is 37.8. The Morgan fingerprint density at radius 2 is 1.18 bits per heavy atom. The molecule has 1 aliphatic heterocycles. The Morgan fingerprint density at radius 1 is 0.857 bits per heavy atom. The Balaban J connectivity index is -0.000000427. The second-order valence-electron chi connectivity index (χ2n) is 5.21. The van der Waals surface area contributed by atoms with Gasteiger partial charge >= 0.3 is 5.97 Å². The number of hydrogen-bond donors (Lipinski definition) is 9. The van der Waals surface area contributed by atoms with Gasteiger partial charge in [0, 0.05) is 27.7 Å². The van der Waals surface area contributed by atoms with E-state index in [1.54, 1.807) is 0 Å². The Hall–Kier alpha value is -2.36. The van der Waals surface area contributed by atoms with Gasteiger partial charge in [-0.2, -0.15) is 0 Å². The van der Waals surface area contributed by atoms with Crippen LogP contribution in [0, 0.1) is 0 Å². The normalized spacial score (nSPS) is 24.5. The van der Waals surface area contributed by atoms with Crippen LogP contribution in [0.5, 0.6) is 0 Å². The summed E-state index contributed by atoms with van der Waals surface area (Å²) in [6, 6.07) is -1.59. The molecule has 0 aromatic heterocycles. The number of hydrogen-bond acceptors (Lipinski definition) is 10. The summed E-state index contributed by atoms with van der Waals surface area (Å²) in [6.45, 7) is 3.65. The smallest absolute Gasteiger partial charge is 0.302 e. The molecule has 0 aromatic rings. The third-order valence-corrected chi connectivity index (χ3v) is 2.34. The summed E-state index contributed by atoms with van der Waals surface area (Å²) in [6.07, 6.45) is -4.53. The lowest BCUT2D eigenvalue weighted by atomic mass is 9.95. The number of aliphatic hydroxyl groups is 5. The van der Waals surface area contributed by atoms with Crippen molar-refractivity contribution in [2.24, 2.45) is 0 Å². The van der Waals surface area contributed by atoms with Crippen molar-refractivity contribution in [2.75, 3.05) is 6.61 Å². The highest BCUT2D eigenvalue weighted by Crippen LogP contribution is 2.25. The summed E-state index contributed by atoms with van der Waals surface area (Å²) < 4.78 is 4.56. The lowest BCUT2D eigenvalue weighted by Gasteiger charge is -2.44. The fourth-order valence-corrected chi connectivity index (χ4v) is 1.55. The first-order valence-corrected chi connectivity index (χ1v) is 7.44. The van der Waals surface area contributed by atoms with E-state index in [9.17, 15) is 25.2 Å². The summed E-state index contributed by atoms with van der Waals surface area (Å²) in [5, 5.41) is 70.9. The van der Waals surface area contributed by atoms with Crippen LogP contribution in [0.3, 0.4) is 0 Å². The average Bonchev–Trinajstić information content (AvgIpc) is 2.45. The number of carboxylic acids is 3. The van der Waals surface area contributed by atoms with Crippen LogP contribution in [0.4, 0.5) is 0 Å². The Bertz CT molecular complexity index is 467. The van der Waals surface area contributed by atoms with E-state index in [-0.39, 0.29) is 0 Å². The zero-order chi connectivity index (χ0) is 23.2. The second kappa shape index (κ2) is 14.7. The molecule has 1 aliphatic rings. The fourth-order valence-electron chi connectivity index (χ4n) is 1.55. The van der Waals surface area contributed by atoms with Crippen LogP contribution in [-0.2, 0) is 23.9 Å². The van der Waals surface area contributed by atoms with Crippen LogP contribution < -0.4 is 5.32 Å². The number of amides is 1. The SMILES string of the molecule is CC(=O)N[C@@H]1[C@@H](O)[C@H](O)[C@@H](CO)OC1(O)O.CC(=O)O.CC(=O)O.CC(=O)O. The van der Waals surface area contributed by atoms with Gasteiger partial charge in [0.05, 0.1) is 6.61 Å². The number of rotatable bonds is 2. The molecule has 28 heavy (non-hydrogen) atoms. The molecule has 1 heterocycles. The molecular weight excluding hydrogens is 390 g/mol. The third-order valence-electron chi connectivity index (χ3n) is 2.34.